The summed E-state index contributed by atoms with van der Waals surface area (Å²) < 4.78 is 0. The first-order valence-corrected chi connectivity index (χ1v) is 8.24. The van der Waals surface area contributed by atoms with E-state index in [4.69, 9.17) is 0 Å². The highest BCUT2D eigenvalue weighted by molar-refractivity contribution is 5.81. The van der Waals surface area contributed by atoms with Crippen LogP contribution in [0.25, 0.3) is 0 Å². The van der Waals surface area contributed by atoms with Crippen LogP contribution in [-0.4, -0.2) is 36.5 Å². The summed E-state index contributed by atoms with van der Waals surface area (Å²) in [4.78, 5) is 14.4. The summed E-state index contributed by atoms with van der Waals surface area (Å²) in [5.41, 5.74) is 2.62. The van der Waals surface area contributed by atoms with Gasteiger partial charge in [-0.1, -0.05) is 42.7 Å². The van der Waals surface area contributed by atoms with Crippen LogP contribution in [0, 0.1) is 6.92 Å². The fraction of sp³-hybridized carbons (Fsp3) is 0.611. The fourth-order valence-electron chi connectivity index (χ4n) is 2.95. The molecule has 1 unspecified atom stereocenters. The summed E-state index contributed by atoms with van der Waals surface area (Å²) in [6.07, 6.45) is 5.81. The molecule has 1 saturated heterocycles. The molecule has 1 aromatic carbocycles. The summed E-state index contributed by atoms with van der Waals surface area (Å²) in [6, 6.07) is 8.49. The molecule has 1 aliphatic heterocycles. The Labute approximate surface area is 128 Å². The molecule has 0 aliphatic carbocycles. The third-order valence-corrected chi connectivity index (χ3v) is 4.23. The van der Waals surface area contributed by atoms with Crippen molar-refractivity contribution in [3.8, 4) is 0 Å². The SMILES string of the molecule is Cc1cccc(CCNC(C)C(=O)N2CCCCCC2)c1. The number of amides is 1. The lowest BCUT2D eigenvalue weighted by Crippen LogP contribution is -2.45. The largest absolute Gasteiger partial charge is 0.341 e. The maximum atomic E-state index is 12.4. The molecule has 0 radical (unpaired) electrons. The molecule has 2 rings (SSSR count). The number of benzene rings is 1. The molecule has 1 heterocycles. The third-order valence-electron chi connectivity index (χ3n) is 4.23. The van der Waals surface area contributed by atoms with Gasteiger partial charge < -0.3 is 10.2 Å². The number of rotatable bonds is 5. The van der Waals surface area contributed by atoms with Gasteiger partial charge in [-0.05, 0) is 45.2 Å². The van der Waals surface area contributed by atoms with Crippen LogP contribution in [0.2, 0.25) is 0 Å². The van der Waals surface area contributed by atoms with E-state index in [1.54, 1.807) is 0 Å². The molecule has 0 saturated carbocycles. The predicted molar refractivity (Wildman–Crippen MR) is 87.4 cm³/mol. The van der Waals surface area contributed by atoms with Crippen molar-refractivity contribution < 1.29 is 4.79 Å². The summed E-state index contributed by atoms with van der Waals surface area (Å²) in [6.45, 7) is 6.82. The van der Waals surface area contributed by atoms with Crippen molar-refractivity contribution in [3.63, 3.8) is 0 Å². The lowest BCUT2D eigenvalue weighted by atomic mass is 10.1. The van der Waals surface area contributed by atoms with Crippen molar-refractivity contribution in [1.82, 2.24) is 10.2 Å². The molecule has 0 spiro atoms. The number of carbonyl (C=O) groups is 1. The van der Waals surface area contributed by atoms with E-state index >= 15 is 0 Å². The monoisotopic (exact) mass is 288 g/mol. The summed E-state index contributed by atoms with van der Waals surface area (Å²) in [7, 11) is 0. The zero-order valence-electron chi connectivity index (χ0n) is 13.4. The lowest BCUT2D eigenvalue weighted by Gasteiger charge is -2.24. The molecule has 1 N–H and O–H groups in total. The second-order valence-corrected chi connectivity index (χ2v) is 6.15. The van der Waals surface area contributed by atoms with E-state index in [0.717, 1.165) is 38.9 Å². The first-order valence-electron chi connectivity index (χ1n) is 8.24. The standard InChI is InChI=1S/C18H28N2O/c1-15-8-7-9-17(14-15)10-11-19-16(2)18(21)20-12-5-3-4-6-13-20/h7-9,14,16,19H,3-6,10-13H2,1-2H3. The van der Waals surface area contributed by atoms with E-state index < -0.39 is 0 Å². The number of hydrogen-bond donors (Lipinski definition) is 1. The molecule has 116 valence electrons. The lowest BCUT2D eigenvalue weighted by molar-refractivity contribution is -0.133. The van der Waals surface area contributed by atoms with Gasteiger partial charge in [-0.15, -0.1) is 0 Å². The molecule has 1 aliphatic rings. The second-order valence-electron chi connectivity index (χ2n) is 6.15. The van der Waals surface area contributed by atoms with Gasteiger partial charge in [0.05, 0.1) is 6.04 Å². The molecule has 3 heteroatoms. The van der Waals surface area contributed by atoms with Crippen LogP contribution in [0.5, 0.6) is 0 Å². The number of carbonyl (C=O) groups excluding carboxylic acids is 1. The average molecular weight is 288 g/mol. The Bertz CT molecular complexity index is 450. The van der Waals surface area contributed by atoms with Gasteiger partial charge in [-0.25, -0.2) is 0 Å². The van der Waals surface area contributed by atoms with Crippen molar-refractivity contribution >= 4 is 5.91 Å². The average Bonchev–Trinajstić information content (AvgIpc) is 2.75. The number of nitrogens with one attached hydrogen (secondary N) is 1. The molecular formula is C18H28N2O. The summed E-state index contributed by atoms with van der Waals surface area (Å²) >= 11 is 0. The quantitative estimate of drug-likeness (QED) is 0.903. The highest BCUT2D eigenvalue weighted by Gasteiger charge is 2.20. The maximum absolute atomic E-state index is 12.4. The molecule has 1 fully saturated rings. The van der Waals surface area contributed by atoms with Gasteiger partial charge in [-0.2, -0.15) is 0 Å². The number of hydrogen-bond acceptors (Lipinski definition) is 2. The van der Waals surface area contributed by atoms with E-state index in [1.165, 1.54) is 24.0 Å². The zero-order chi connectivity index (χ0) is 15.1. The molecule has 1 aromatic rings. The molecule has 0 aromatic heterocycles. The van der Waals surface area contributed by atoms with Crippen LogP contribution in [0.1, 0.15) is 43.7 Å². The Morgan fingerprint density at radius 2 is 1.95 bits per heavy atom. The summed E-state index contributed by atoms with van der Waals surface area (Å²) in [5.74, 6) is 0.265. The van der Waals surface area contributed by atoms with Crippen molar-refractivity contribution in [2.24, 2.45) is 0 Å². The summed E-state index contributed by atoms with van der Waals surface area (Å²) in [5, 5.41) is 3.38. The molecule has 21 heavy (non-hydrogen) atoms. The van der Waals surface area contributed by atoms with E-state index in [9.17, 15) is 4.79 Å². The Kier molecular flexibility index (Phi) is 6.24. The first-order chi connectivity index (χ1) is 10.2. The van der Waals surface area contributed by atoms with Crippen LogP contribution in [0.3, 0.4) is 0 Å². The van der Waals surface area contributed by atoms with Crippen molar-refractivity contribution in [2.75, 3.05) is 19.6 Å². The molecule has 0 bridgehead atoms. The van der Waals surface area contributed by atoms with Gasteiger partial charge in [0.1, 0.15) is 0 Å². The molecule has 3 nitrogen and oxygen atoms in total. The van der Waals surface area contributed by atoms with Gasteiger partial charge in [0.2, 0.25) is 5.91 Å². The minimum atomic E-state index is -0.0760. The van der Waals surface area contributed by atoms with E-state index in [0.29, 0.717) is 0 Å². The zero-order valence-corrected chi connectivity index (χ0v) is 13.4. The molecular weight excluding hydrogens is 260 g/mol. The maximum Gasteiger partial charge on any atom is 0.239 e. The highest BCUT2D eigenvalue weighted by atomic mass is 16.2. The van der Waals surface area contributed by atoms with Gasteiger partial charge in [0.25, 0.3) is 0 Å². The van der Waals surface area contributed by atoms with E-state index in [1.807, 2.05) is 11.8 Å². The molecule has 1 amide bonds. The topological polar surface area (TPSA) is 32.3 Å². The van der Waals surface area contributed by atoms with Crippen LogP contribution in [0.15, 0.2) is 24.3 Å². The first kappa shape index (κ1) is 16.0. The van der Waals surface area contributed by atoms with Crippen LogP contribution >= 0.6 is 0 Å². The third kappa shape index (κ3) is 5.16. The van der Waals surface area contributed by atoms with Crippen LogP contribution < -0.4 is 5.32 Å². The minimum Gasteiger partial charge on any atom is -0.341 e. The smallest absolute Gasteiger partial charge is 0.239 e. The van der Waals surface area contributed by atoms with E-state index in [-0.39, 0.29) is 11.9 Å². The number of nitrogens with zero attached hydrogens (tertiary/aromatic N) is 1. The van der Waals surface area contributed by atoms with Crippen molar-refractivity contribution in [3.05, 3.63) is 35.4 Å². The van der Waals surface area contributed by atoms with Crippen molar-refractivity contribution in [1.29, 1.82) is 0 Å². The van der Waals surface area contributed by atoms with Crippen molar-refractivity contribution in [2.45, 2.75) is 52.0 Å². The Morgan fingerprint density at radius 3 is 2.62 bits per heavy atom. The number of likely N-dealkylation sites (tertiary alicyclic amines) is 1. The highest BCUT2D eigenvalue weighted by Crippen LogP contribution is 2.11. The minimum absolute atomic E-state index is 0.0760. The van der Waals surface area contributed by atoms with Gasteiger partial charge >= 0.3 is 0 Å². The normalized spacial score (nSPS) is 17.3. The van der Waals surface area contributed by atoms with Gasteiger partial charge in [-0.3, -0.25) is 4.79 Å². The number of aryl methyl sites for hydroxylation is 1. The Hall–Kier alpha value is -1.35. The Morgan fingerprint density at radius 1 is 1.24 bits per heavy atom. The molecule has 1 atom stereocenters. The second kappa shape index (κ2) is 8.18. The van der Waals surface area contributed by atoms with E-state index in [2.05, 4.69) is 36.5 Å². The Balaban J connectivity index is 1.75. The van der Waals surface area contributed by atoms with Gasteiger partial charge in [0.15, 0.2) is 0 Å². The van der Waals surface area contributed by atoms with Crippen LogP contribution in [-0.2, 0) is 11.2 Å². The fourth-order valence-corrected chi connectivity index (χ4v) is 2.95. The predicted octanol–water partition coefficient (Wildman–Crippen LogP) is 2.92. The van der Waals surface area contributed by atoms with Crippen LogP contribution in [0.4, 0.5) is 0 Å². The van der Waals surface area contributed by atoms with Gasteiger partial charge in [0, 0.05) is 13.1 Å².